The molecule has 3 unspecified atom stereocenters. The van der Waals surface area contributed by atoms with E-state index in [4.69, 9.17) is 0 Å². The second-order valence-electron chi connectivity index (χ2n) is 5.76. The van der Waals surface area contributed by atoms with Crippen LogP contribution in [0.15, 0.2) is 30.5 Å². The first-order valence-corrected chi connectivity index (χ1v) is 7.00. The maximum absolute atomic E-state index is 10.7. The van der Waals surface area contributed by atoms with Crippen molar-refractivity contribution in [2.75, 3.05) is 0 Å². The highest BCUT2D eigenvalue weighted by molar-refractivity contribution is 5.83. The van der Waals surface area contributed by atoms with Crippen LogP contribution >= 0.6 is 0 Å². The van der Waals surface area contributed by atoms with E-state index < -0.39 is 0 Å². The Labute approximate surface area is 108 Å². The number of aromatic amines is 1. The number of hydrogen-bond acceptors (Lipinski definition) is 1. The summed E-state index contributed by atoms with van der Waals surface area (Å²) < 4.78 is 0. The van der Waals surface area contributed by atoms with Crippen LogP contribution in [0.3, 0.4) is 0 Å². The molecule has 96 valence electrons. The van der Waals surface area contributed by atoms with Gasteiger partial charge in [0.05, 0.1) is 6.10 Å². The zero-order chi connectivity index (χ0) is 12.5. The van der Waals surface area contributed by atoms with Crippen LogP contribution in [0.2, 0.25) is 0 Å². The quantitative estimate of drug-likeness (QED) is 0.821. The molecule has 0 spiro atoms. The number of aliphatic hydroxyl groups is 1. The highest BCUT2D eigenvalue weighted by Gasteiger charge is 2.27. The second kappa shape index (κ2) is 4.77. The van der Waals surface area contributed by atoms with Crippen LogP contribution in [0.4, 0.5) is 0 Å². The minimum atomic E-state index is -0.313. The number of rotatable bonds is 2. The summed E-state index contributed by atoms with van der Waals surface area (Å²) in [7, 11) is 0. The second-order valence-corrected chi connectivity index (χ2v) is 5.76. The van der Waals surface area contributed by atoms with E-state index in [-0.39, 0.29) is 6.10 Å². The molecule has 1 fully saturated rings. The van der Waals surface area contributed by atoms with Crippen LogP contribution in [0.25, 0.3) is 10.9 Å². The van der Waals surface area contributed by atoms with E-state index in [2.05, 4.69) is 30.1 Å². The van der Waals surface area contributed by atoms with Crippen molar-refractivity contribution in [3.63, 3.8) is 0 Å². The van der Waals surface area contributed by atoms with Crippen molar-refractivity contribution in [2.45, 2.75) is 38.7 Å². The van der Waals surface area contributed by atoms with Crippen LogP contribution in [-0.4, -0.2) is 10.1 Å². The average molecular weight is 243 g/mol. The van der Waals surface area contributed by atoms with Crippen molar-refractivity contribution >= 4 is 10.9 Å². The summed E-state index contributed by atoms with van der Waals surface area (Å²) in [5.41, 5.74) is 2.21. The lowest BCUT2D eigenvalue weighted by molar-refractivity contribution is 0.0725. The third kappa shape index (κ3) is 2.05. The normalized spacial score (nSPS) is 26.3. The van der Waals surface area contributed by atoms with Gasteiger partial charge in [-0.15, -0.1) is 0 Å². The van der Waals surface area contributed by atoms with Gasteiger partial charge in [0.1, 0.15) is 0 Å². The lowest BCUT2D eigenvalue weighted by atomic mass is 9.77. The maximum atomic E-state index is 10.7. The van der Waals surface area contributed by atoms with Gasteiger partial charge in [-0.1, -0.05) is 31.9 Å². The van der Waals surface area contributed by atoms with Gasteiger partial charge in [-0.2, -0.15) is 0 Å². The molecule has 0 radical (unpaired) electrons. The highest BCUT2D eigenvalue weighted by atomic mass is 16.3. The van der Waals surface area contributed by atoms with Crippen molar-refractivity contribution < 1.29 is 5.11 Å². The summed E-state index contributed by atoms with van der Waals surface area (Å²) >= 11 is 0. The van der Waals surface area contributed by atoms with Crippen molar-refractivity contribution in [2.24, 2.45) is 11.8 Å². The van der Waals surface area contributed by atoms with Crippen molar-refractivity contribution in [1.82, 2.24) is 4.98 Å². The first-order chi connectivity index (χ1) is 8.75. The molecule has 0 amide bonds. The molecule has 3 atom stereocenters. The van der Waals surface area contributed by atoms with Gasteiger partial charge < -0.3 is 10.1 Å². The third-order valence-electron chi connectivity index (χ3n) is 4.37. The lowest BCUT2D eigenvalue weighted by Crippen LogP contribution is -2.20. The molecule has 2 nitrogen and oxygen atoms in total. The Hall–Kier alpha value is -1.28. The van der Waals surface area contributed by atoms with Crippen molar-refractivity contribution in [3.8, 4) is 0 Å². The monoisotopic (exact) mass is 243 g/mol. The largest absolute Gasteiger partial charge is 0.388 e. The van der Waals surface area contributed by atoms with E-state index in [1.165, 1.54) is 18.2 Å². The SMILES string of the molecule is CC1CCCC(C(O)c2cccc3[nH]ccc23)C1. The molecule has 2 heteroatoms. The Balaban J connectivity index is 1.91. The Morgan fingerprint density at radius 3 is 3.00 bits per heavy atom. The van der Waals surface area contributed by atoms with E-state index in [0.29, 0.717) is 5.92 Å². The Bertz CT molecular complexity index is 531. The molecule has 2 N–H and O–H groups in total. The minimum Gasteiger partial charge on any atom is -0.388 e. The number of H-pyrrole nitrogens is 1. The first kappa shape index (κ1) is 11.8. The summed E-state index contributed by atoms with van der Waals surface area (Å²) in [6.45, 7) is 2.30. The molecule has 18 heavy (non-hydrogen) atoms. The first-order valence-electron chi connectivity index (χ1n) is 7.00. The molecule has 1 saturated carbocycles. The zero-order valence-electron chi connectivity index (χ0n) is 10.9. The summed E-state index contributed by atoms with van der Waals surface area (Å²) in [5.74, 6) is 1.18. The molecule has 1 heterocycles. The Kier molecular flexibility index (Phi) is 3.13. The number of aromatic nitrogens is 1. The number of benzene rings is 1. The molecular weight excluding hydrogens is 222 g/mol. The molecule has 0 aliphatic heterocycles. The van der Waals surface area contributed by atoms with E-state index in [0.717, 1.165) is 29.8 Å². The van der Waals surface area contributed by atoms with Crippen LogP contribution in [-0.2, 0) is 0 Å². The number of hydrogen-bond donors (Lipinski definition) is 2. The smallest absolute Gasteiger partial charge is 0.0824 e. The van der Waals surface area contributed by atoms with Gasteiger partial charge in [0.2, 0.25) is 0 Å². The van der Waals surface area contributed by atoms with Crippen molar-refractivity contribution in [1.29, 1.82) is 0 Å². The van der Waals surface area contributed by atoms with Gasteiger partial charge in [-0.05, 0) is 42.4 Å². The van der Waals surface area contributed by atoms with Gasteiger partial charge >= 0.3 is 0 Å². The summed E-state index contributed by atoms with van der Waals surface area (Å²) in [4.78, 5) is 3.22. The predicted octanol–water partition coefficient (Wildman–Crippen LogP) is 4.03. The molecule has 0 bridgehead atoms. The molecule has 0 saturated heterocycles. The minimum absolute atomic E-state index is 0.313. The summed E-state index contributed by atoms with van der Waals surface area (Å²) in [6, 6.07) is 8.24. The Morgan fingerprint density at radius 2 is 2.17 bits per heavy atom. The molecule has 2 aromatic rings. The molecule has 3 rings (SSSR count). The molecular formula is C16H21NO. The Morgan fingerprint density at radius 1 is 1.28 bits per heavy atom. The molecule has 1 aliphatic carbocycles. The topological polar surface area (TPSA) is 36.0 Å². The van der Waals surface area contributed by atoms with Crippen molar-refractivity contribution in [3.05, 3.63) is 36.0 Å². The van der Waals surface area contributed by atoms with Gasteiger partial charge in [-0.3, -0.25) is 0 Å². The van der Waals surface area contributed by atoms with Gasteiger partial charge in [0.25, 0.3) is 0 Å². The van der Waals surface area contributed by atoms with Crippen LogP contribution in [0, 0.1) is 11.8 Å². The van der Waals surface area contributed by atoms with E-state index in [9.17, 15) is 5.11 Å². The van der Waals surface area contributed by atoms with Gasteiger partial charge in [-0.25, -0.2) is 0 Å². The molecule has 1 aromatic carbocycles. The third-order valence-corrected chi connectivity index (χ3v) is 4.37. The van der Waals surface area contributed by atoms with E-state index in [1.807, 2.05) is 12.3 Å². The van der Waals surface area contributed by atoms with Crippen LogP contribution < -0.4 is 0 Å². The fourth-order valence-corrected chi connectivity index (χ4v) is 3.39. The summed E-state index contributed by atoms with van der Waals surface area (Å²) in [5, 5.41) is 11.8. The van der Waals surface area contributed by atoms with E-state index >= 15 is 0 Å². The van der Waals surface area contributed by atoms with Gasteiger partial charge in [0.15, 0.2) is 0 Å². The van der Waals surface area contributed by atoms with E-state index in [1.54, 1.807) is 0 Å². The predicted molar refractivity (Wildman–Crippen MR) is 74.4 cm³/mol. The standard InChI is InChI=1S/C16H21NO/c1-11-4-2-5-12(10-11)16(18)14-6-3-7-15-13(14)8-9-17-15/h3,6-9,11-12,16-18H,2,4-5,10H2,1H3. The highest BCUT2D eigenvalue weighted by Crippen LogP contribution is 2.38. The lowest BCUT2D eigenvalue weighted by Gasteiger charge is -2.30. The molecule has 1 aromatic heterocycles. The number of aliphatic hydroxyl groups excluding tert-OH is 1. The van der Waals surface area contributed by atoms with Crippen LogP contribution in [0.5, 0.6) is 0 Å². The van der Waals surface area contributed by atoms with Crippen LogP contribution in [0.1, 0.15) is 44.3 Å². The molecule has 1 aliphatic rings. The zero-order valence-corrected chi connectivity index (χ0v) is 10.9. The fraction of sp³-hybridized carbons (Fsp3) is 0.500. The maximum Gasteiger partial charge on any atom is 0.0824 e. The average Bonchev–Trinajstić information content (AvgIpc) is 2.86. The number of fused-ring (bicyclic) bond motifs is 1. The number of nitrogens with one attached hydrogen (secondary N) is 1. The van der Waals surface area contributed by atoms with Gasteiger partial charge in [0, 0.05) is 17.1 Å². The summed E-state index contributed by atoms with van der Waals surface area (Å²) in [6.07, 6.45) is 6.52. The fourth-order valence-electron chi connectivity index (χ4n) is 3.39.